The van der Waals surface area contributed by atoms with Crippen LogP contribution in [0, 0.1) is 6.92 Å². The summed E-state index contributed by atoms with van der Waals surface area (Å²) >= 11 is 0. The number of rotatable bonds is 4. The standard InChI is InChI=1S/C17H18N2O2S/c1-14-7-9-16(10-8-14)22(20,21)19-12-11-18-17(19)13-15-5-3-2-4-6-15/h2-10H,11-13H2,1H3/p+1. The SMILES string of the molecule is Cc1ccc(S(=O)(=O)[N+]2=C(Cc3ccccc3)NCC2)cc1. The third-order valence-electron chi connectivity index (χ3n) is 3.77. The van der Waals surface area contributed by atoms with Crippen molar-refractivity contribution in [3.63, 3.8) is 0 Å². The van der Waals surface area contributed by atoms with Crippen molar-refractivity contribution in [2.75, 3.05) is 13.1 Å². The van der Waals surface area contributed by atoms with Crippen LogP contribution in [-0.2, 0) is 16.4 Å². The molecule has 0 amide bonds. The molecular weight excluding hydrogens is 296 g/mol. The van der Waals surface area contributed by atoms with Crippen LogP contribution in [0.4, 0.5) is 0 Å². The summed E-state index contributed by atoms with van der Waals surface area (Å²) in [4.78, 5) is 0.340. The number of hydrogen-bond donors (Lipinski definition) is 1. The maximum Gasteiger partial charge on any atom is 0.330 e. The second kappa shape index (κ2) is 5.93. The number of nitrogens with one attached hydrogen (secondary N) is 1. The van der Waals surface area contributed by atoms with Crippen LogP contribution in [0.5, 0.6) is 0 Å². The lowest BCUT2D eigenvalue weighted by Gasteiger charge is -2.06. The van der Waals surface area contributed by atoms with Gasteiger partial charge in [-0.05, 0) is 24.6 Å². The Hall–Kier alpha value is -2.14. The number of hydrogen-bond acceptors (Lipinski definition) is 3. The second-order valence-electron chi connectivity index (χ2n) is 5.43. The largest absolute Gasteiger partial charge is 0.330 e. The van der Waals surface area contributed by atoms with Gasteiger partial charge >= 0.3 is 10.0 Å². The van der Waals surface area contributed by atoms with Gasteiger partial charge in [0.1, 0.15) is 18.0 Å². The molecule has 2 aromatic rings. The van der Waals surface area contributed by atoms with Gasteiger partial charge in [-0.1, -0.05) is 48.0 Å². The van der Waals surface area contributed by atoms with Crippen LogP contribution in [0.15, 0.2) is 59.5 Å². The van der Waals surface area contributed by atoms with Gasteiger partial charge < -0.3 is 0 Å². The van der Waals surface area contributed by atoms with Crippen LogP contribution in [0.2, 0.25) is 0 Å². The summed E-state index contributed by atoms with van der Waals surface area (Å²) in [5.74, 6) is 0.742. The Bertz CT molecular complexity index is 794. The van der Waals surface area contributed by atoms with E-state index in [0.29, 0.717) is 24.4 Å². The van der Waals surface area contributed by atoms with Gasteiger partial charge in [-0.2, -0.15) is 8.42 Å². The highest BCUT2D eigenvalue weighted by atomic mass is 32.2. The van der Waals surface area contributed by atoms with E-state index in [1.54, 1.807) is 12.1 Å². The predicted molar refractivity (Wildman–Crippen MR) is 86.6 cm³/mol. The summed E-state index contributed by atoms with van der Waals surface area (Å²) in [5, 5.41) is 3.21. The smallest absolute Gasteiger partial charge is 0.273 e. The summed E-state index contributed by atoms with van der Waals surface area (Å²) in [6.45, 7) is 3.06. The Labute approximate surface area is 131 Å². The number of aryl methyl sites for hydroxylation is 1. The van der Waals surface area contributed by atoms with Crippen molar-refractivity contribution in [1.29, 1.82) is 0 Å². The zero-order valence-corrected chi connectivity index (χ0v) is 13.3. The maximum atomic E-state index is 12.8. The Morgan fingerprint density at radius 3 is 2.41 bits per heavy atom. The maximum absolute atomic E-state index is 12.8. The highest BCUT2D eigenvalue weighted by Gasteiger charge is 2.32. The van der Waals surface area contributed by atoms with Crippen molar-refractivity contribution in [3.05, 3.63) is 65.7 Å². The first kappa shape index (κ1) is 14.8. The van der Waals surface area contributed by atoms with Crippen LogP contribution in [0.1, 0.15) is 11.1 Å². The molecule has 0 atom stereocenters. The van der Waals surface area contributed by atoms with E-state index >= 15 is 0 Å². The zero-order chi connectivity index (χ0) is 15.6. The van der Waals surface area contributed by atoms with E-state index in [1.807, 2.05) is 49.4 Å². The molecule has 1 aliphatic heterocycles. The number of amidine groups is 1. The lowest BCUT2D eigenvalue weighted by molar-refractivity contribution is -0.354. The molecule has 3 rings (SSSR count). The van der Waals surface area contributed by atoms with Gasteiger partial charge in [0.15, 0.2) is 0 Å². The lowest BCUT2D eigenvalue weighted by atomic mass is 10.1. The van der Waals surface area contributed by atoms with Crippen LogP contribution >= 0.6 is 0 Å². The molecule has 1 aliphatic rings. The predicted octanol–water partition coefficient (Wildman–Crippen LogP) is 1.94. The zero-order valence-electron chi connectivity index (χ0n) is 12.5. The van der Waals surface area contributed by atoms with Crippen molar-refractivity contribution < 1.29 is 12.4 Å². The van der Waals surface area contributed by atoms with Crippen molar-refractivity contribution in [2.45, 2.75) is 18.2 Å². The average molecular weight is 315 g/mol. The van der Waals surface area contributed by atoms with Crippen molar-refractivity contribution in [1.82, 2.24) is 5.32 Å². The fourth-order valence-corrected chi connectivity index (χ4v) is 4.05. The molecule has 114 valence electrons. The van der Waals surface area contributed by atoms with Gasteiger partial charge in [0.2, 0.25) is 0 Å². The average Bonchev–Trinajstić information content (AvgIpc) is 2.98. The normalized spacial score (nSPS) is 15.0. The van der Waals surface area contributed by atoms with Crippen LogP contribution in [0.3, 0.4) is 0 Å². The molecule has 0 spiro atoms. The van der Waals surface area contributed by atoms with Gasteiger partial charge in [-0.15, -0.1) is 3.98 Å². The molecule has 4 nitrogen and oxygen atoms in total. The van der Waals surface area contributed by atoms with E-state index in [4.69, 9.17) is 0 Å². The molecule has 0 fully saturated rings. The van der Waals surface area contributed by atoms with E-state index in [2.05, 4.69) is 5.32 Å². The first-order valence-electron chi connectivity index (χ1n) is 7.30. The van der Waals surface area contributed by atoms with E-state index in [0.717, 1.165) is 17.0 Å². The minimum Gasteiger partial charge on any atom is -0.273 e. The van der Waals surface area contributed by atoms with Crippen LogP contribution in [0.25, 0.3) is 0 Å². The minimum atomic E-state index is -3.49. The lowest BCUT2D eigenvalue weighted by Crippen LogP contribution is -2.29. The molecule has 1 heterocycles. The highest BCUT2D eigenvalue weighted by molar-refractivity contribution is 7.85. The summed E-state index contributed by atoms with van der Waals surface area (Å²) in [5.41, 5.74) is 2.14. The third kappa shape index (κ3) is 2.90. The van der Waals surface area contributed by atoms with E-state index in [9.17, 15) is 8.42 Å². The van der Waals surface area contributed by atoms with Crippen molar-refractivity contribution in [3.8, 4) is 0 Å². The molecule has 0 unspecified atom stereocenters. The summed E-state index contributed by atoms with van der Waals surface area (Å²) in [6.07, 6.45) is 0.589. The Balaban J connectivity index is 1.97. The quantitative estimate of drug-likeness (QED) is 0.877. The molecule has 0 saturated heterocycles. The minimum absolute atomic E-state index is 0.340. The fraction of sp³-hybridized carbons (Fsp3) is 0.235. The molecule has 2 aromatic carbocycles. The van der Waals surface area contributed by atoms with E-state index in [1.165, 1.54) is 3.98 Å². The number of benzene rings is 2. The van der Waals surface area contributed by atoms with Crippen molar-refractivity contribution in [2.24, 2.45) is 0 Å². The summed E-state index contributed by atoms with van der Waals surface area (Å²) in [7, 11) is -3.49. The number of nitrogens with zero attached hydrogens (tertiary/aromatic N) is 1. The van der Waals surface area contributed by atoms with E-state index < -0.39 is 10.0 Å². The van der Waals surface area contributed by atoms with Crippen LogP contribution < -0.4 is 5.32 Å². The van der Waals surface area contributed by atoms with Gasteiger partial charge in [0.05, 0.1) is 6.42 Å². The van der Waals surface area contributed by atoms with Gasteiger partial charge in [0.25, 0.3) is 5.84 Å². The highest BCUT2D eigenvalue weighted by Crippen LogP contribution is 2.15. The summed E-state index contributed by atoms with van der Waals surface area (Å²) < 4.78 is 27.1. The molecular formula is C17H19N2O2S+. The fourth-order valence-electron chi connectivity index (χ4n) is 2.57. The Morgan fingerprint density at radius 1 is 1.05 bits per heavy atom. The Morgan fingerprint density at radius 2 is 1.73 bits per heavy atom. The molecule has 0 radical (unpaired) electrons. The summed E-state index contributed by atoms with van der Waals surface area (Å²) in [6, 6.07) is 16.9. The number of sulfonamides is 1. The molecule has 1 N–H and O–H groups in total. The van der Waals surface area contributed by atoms with Gasteiger partial charge in [0, 0.05) is 0 Å². The van der Waals surface area contributed by atoms with Crippen LogP contribution in [-0.4, -0.2) is 31.3 Å². The molecule has 5 heteroatoms. The van der Waals surface area contributed by atoms with E-state index in [-0.39, 0.29) is 0 Å². The molecule has 22 heavy (non-hydrogen) atoms. The van der Waals surface area contributed by atoms with Gasteiger partial charge in [-0.3, -0.25) is 5.32 Å². The van der Waals surface area contributed by atoms with Crippen molar-refractivity contribution >= 4 is 15.9 Å². The Kier molecular flexibility index (Phi) is 3.98. The first-order chi connectivity index (χ1) is 10.6. The second-order valence-corrected chi connectivity index (χ2v) is 7.29. The molecule has 0 saturated carbocycles. The monoisotopic (exact) mass is 315 g/mol. The molecule has 0 bridgehead atoms. The first-order valence-corrected chi connectivity index (χ1v) is 8.74. The molecule has 0 aliphatic carbocycles. The topological polar surface area (TPSA) is 49.2 Å². The molecule has 0 aromatic heterocycles. The third-order valence-corrected chi connectivity index (χ3v) is 5.62. The van der Waals surface area contributed by atoms with Gasteiger partial charge in [-0.25, -0.2) is 0 Å².